The van der Waals surface area contributed by atoms with Crippen molar-refractivity contribution in [1.29, 1.82) is 0 Å². The number of allylic oxidation sites excluding steroid dienone is 1. The largest absolute Gasteiger partial charge is 0.479 e. The van der Waals surface area contributed by atoms with Crippen LogP contribution in [0.1, 0.15) is 26.3 Å². The minimum Gasteiger partial charge on any atom is -0.479 e. The van der Waals surface area contributed by atoms with Crippen LogP contribution >= 0.6 is 0 Å². The molecule has 0 aliphatic rings. The van der Waals surface area contributed by atoms with Crippen LogP contribution < -0.4 is 0 Å². The molecule has 1 N–H and O–H groups in total. The maximum Gasteiger partial charge on any atom is 0.340 e. The van der Waals surface area contributed by atoms with E-state index in [1.165, 1.54) is 13.2 Å². The van der Waals surface area contributed by atoms with Crippen molar-refractivity contribution in [3.8, 4) is 0 Å². The number of carboxylic acid groups (broad SMARTS) is 1. The second kappa shape index (κ2) is 11.1. The lowest BCUT2D eigenvalue weighted by molar-refractivity contribution is -0.187. The zero-order valence-corrected chi connectivity index (χ0v) is 16.6. The highest BCUT2D eigenvalue weighted by atomic mass is 19.3. The van der Waals surface area contributed by atoms with Crippen LogP contribution in [-0.4, -0.2) is 50.2 Å². The van der Waals surface area contributed by atoms with E-state index >= 15 is 8.78 Å². The van der Waals surface area contributed by atoms with Gasteiger partial charge in [0.1, 0.15) is 0 Å². The average Bonchev–Trinajstić information content (AvgIpc) is 2.60. The quantitative estimate of drug-likeness (QED) is 0.325. The summed E-state index contributed by atoms with van der Waals surface area (Å²) in [6.45, 7) is 4.76. The Morgan fingerprint density at radius 1 is 1.18 bits per heavy atom. The van der Waals surface area contributed by atoms with E-state index in [1.54, 1.807) is 51.1 Å². The van der Waals surface area contributed by atoms with E-state index in [0.29, 0.717) is 5.56 Å². The third kappa shape index (κ3) is 8.33. The normalized spacial score (nSPS) is 14.0. The molecule has 0 heterocycles. The highest BCUT2D eigenvalue weighted by Crippen LogP contribution is 2.35. The maximum atomic E-state index is 15.0. The van der Waals surface area contributed by atoms with Gasteiger partial charge in [-0.05, 0) is 17.1 Å². The monoisotopic (exact) mass is 402 g/mol. The van der Waals surface area contributed by atoms with Crippen molar-refractivity contribution >= 4 is 5.97 Å². The molecular weight excluding hydrogens is 374 g/mol. The molecular formula is C20H28F2O6. The van der Waals surface area contributed by atoms with E-state index in [9.17, 15) is 9.90 Å². The fraction of sp³-hybridized carbons (Fsp3) is 0.550. The first-order valence-corrected chi connectivity index (χ1v) is 8.77. The van der Waals surface area contributed by atoms with Crippen molar-refractivity contribution in [2.45, 2.75) is 39.4 Å². The Hall–Kier alpha value is -2.03. The summed E-state index contributed by atoms with van der Waals surface area (Å²) in [5, 5.41) is 9.34. The van der Waals surface area contributed by atoms with Crippen molar-refractivity contribution in [3.05, 3.63) is 47.7 Å². The van der Waals surface area contributed by atoms with E-state index < -0.39 is 36.0 Å². The van der Waals surface area contributed by atoms with Gasteiger partial charge in [-0.2, -0.15) is 8.78 Å². The van der Waals surface area contributed by atoms with Crippen LogP contribution in [0.15, 0.2) is 42.2 Å². The number of rotatable bonds is 12. The summed E-state index contributed by atoms with van der Waals surface area (Å²) in [5.74, 6) is -6.50. The lowest BCUT2D eigenvalue weighted by Gasteiger charge is -2.28. The molecule has 8 heteroatoms. The zero-order valence-electron chi connectivity index (χ0n) is 16.6. The van der Waals surface area contributed by atoms with Crippen LogP contribution in [0.4, 0.5) is 8.78 Å². The Morgan fingerprint density at radius 3 is 2.36 bits per heavy atom. The molecule has 0 fully saturated rings. The summed E-state index contributed by atoms with van der Waals surface area (Å²) in [7, 11) is 1.48. The zero-order chi connectivity index (χ0) is 21.2. The number of alkyl halides is 2. The molecule has 0 aliphatic carbocycles. The number of hydrogen-bond acceptors (Lipinski definition) is 5. The number of carboxylic acids is 1. The fourth-order valence-corrected chi connectivity index (χ4v) is 2.15. The van der Waals surface area contributed by atoms with Crippen LogP contribution in [-0.2, 0) is 30.3 Å². The Balaban J connectivity index is 2.97. The molecule has 1 atom stereocenters. The standard InChI is InChI=1S/C20H28F2O6/c1-19(2,3)12-16(28-14-26-11-10-25-4)20(21,22)17(18(23)24)27-13-15-8-6-5-7-9-15/h5-9,12,17H,10-11,13-14H2,1-4H3,(H,23,24)/b16-12-. The van der Waals surface area contributed by atoms with E-state index in [1.807, 2.05) is 0 Å². The van der Waals surface area contributed by atoms with Gasteiger partial charge in [0, 0.05) is 7.11 Å². The minimum atomic E-state index is -3.90. The van der Waals surface area contributed by atoms with E-state index in [-0.39, 0.29) is 19.8 Å². The molecule has 0 aliphatic heterocycles. The smallest absolute Gasteiger partial charge is 0.340 e. The Bertz CT molecular complexity index is 625. The minimum absolute atomic E-state index is 0.151. The van der Waals surface area contributed by atoms with Gasteiger partial charge in [0.2, 0.25) is 6.10 Å². The molecule has 28 heavy (non-hydrogen) atoms. The predicted octanol–water partition coefficient (Wildman–Crippen LogP) is 3.86. The van der Waals surface area contributed by atoms with Crippen molar-refractivity contribution < 1.29 is 37.6 Å². The predicted molar refractivity (Wildman–Crippen MR) is 98.9 cm³/mol. The SMILES string of the molecule is COCCOCO/C(=C\C(C)(C)C)C(F)(F)C(OCc1ccccc1)C(=O)O. The lowest BCUT2D eigenvalue weighted by atomic mass is 9.93. The highest BCUT2D eigenvalue weighted by molar-refractivity contribution is 5.74. The van der Waals surface area contributed by atoms with Gasteiger partial charge in [-0.15, -0.1) is 0 Å². The van der Waals surface area contributed by atoms with Crippen molar-refractivity contribution in [2.24, 2.45) is 5.41 Å². The highest BCUT2D eigenvalue weighted by Gasteiger charge is 2.51. The molecule has 1 unspecified atom stereocenters. The summed E-state index contributed by atoms with van der Waals surface area (Å²) < 4.78 is 50.1. The molecule has 1 aromatic carbocycles. The molecule has 0 saturated heterocycles. The Kier molecular flexibility index (Phi) is 9.51. The van der Waals surface area contributed by atoms with Crippen molar-refractivity contribution in [3.63, 3.8) is 0 Å². The molecule has 158 valence electrons. The van der Waals surface area contributed by atoms with Crippen molar-refractivity contribution in [1.82, 2.24) is 0 Å². The second-order valence-corrected chi connectivity index (χ2v) is 7.18. The molecule has 0 radical (unpaired) electrons. The summed E-state index contributed by atoms with van der Waals surface area (Å²) >= 11 is 0. The molecule has 1 aromatic rings. The fourth-order valence-electron chi connectivity index (χ4n) is 2.15. The molecule has 0 spiro atoms. The molecule has 1 rings (SSSR count). The number of ether oxygens (including phenoxy) is 4. The van der Waals surface area contributed by atoms with Gasteiger partial charge in [0.15, 0.2) is 12.6 Å². The Labute approximate surface area is 164 Å². The van der Waals surface area contributed by atoms with E-state index in [2.05, 4.69) is 0 Å². The maximum absolute atomic E-state index is 15.0. The first-order valence-electron chi connectivity index (χ1n) is 8.77. The Morgan fingerprint density at radius 2 is 1.82 bits per heavy atom. The molecule has 0 amide bonds. The number of halogens is 2. The van der Waals surface area contributed by atoms with Crippen LogP contribution in [0.2, 0.25) is 0 Å². The van der Waals surface area contributed by atoms with E-state index in [0.717, 1.165) is 0 Å². The number of carbonyl (C=O) groups is 1. The van der Waals surface area contributed by atoms with Crippen LogP contribution in [0.3, 0.4) is 0 Å². The van der Waals surface area contributed by atoms with Gasteiger partial charge in [-0.1, -0.05) is 51.1 Å². The summed E-state index contributed by atoms with van der Waals surface area (Å²) in [5.41, 5.74) is -0.108. The molecule has 0 aromatic heterocycles. The lowest BCUT2D eigenvalue weighted by Crippen LogP contribution is -2.44. The third-order valence-corrected chi connectivity index (χ3v) is 3.44. The summed E-state index contributed by atoms with van der Waals surface area (Å²) in [4.78, 5) is 11.5. The molecule has 0 bridgehead atoms. The van der Waals surface area contributed by atoms with Gasteiger partial charge in [0.05, 0.1) is 19.8 Å². The van der Waals surface area contributed by atoms with Crippen LogP contribution in [0, 0.1) is 5.41 Å². The van der Waals surface area contributed by atoms with Gasteiger partial charge in [-0.3, -0.25) is 0 Å². The van der Waals surface area contributed by atoms with Gasteiger partial charge in [0.25, 0.3) is 0 Å². The first kappa shape index (κ1) is 24.0. The third-order valence-electron chi connectivity index (χ3n) is 3.44. The topological polar surface area (TPSA) is 74.2 Å². The summed E-state index contributed by atoms with van der Waals surface area (Å²) in [6.07, 6.45) is -1.24. The number of hydrogen-bond donors (Lipinski definition) is 1. The van der Waals surface area contributed by atoms with Gasteiger partial charge >= 0.3 is 11.9 Å². The van der Waals surface area contributed by atoms with Gasteiger partial charge in [-0.25, -0.2) is 4.79 Å². The average molecular weight is 402 g/mol. The first-order chi connectivity index (χ1) is 13.1. The number of aliphatic carboxylic acids is 1. The number of methoxy groups -OCH3 is 1. The van der Waals surface area contributed by atoms with E-state index in [4.69, 9.17) is 18.9 Å². The number of benzene rings is 1. The second-order valence-electron chi connectivity index (χ2n) is 7.18. The molecule has 6 nitrogen and oxygen atoms in total. The van der Waals surface area contributed by atoms with Crippen molar-refractivity contribution in [2.75, 3.05) is 27.1 Å². The van der Waals surface area contributed by atoms with Crippen LogP contribution in [0.5, 0.6) is 0 Å². The van der Waals surface area contributed by atoms with Crippen LogP contribution in [0.25, 0.3) is 0 Å². The van der Waals surface area contributed by atoms with Gasteiger partial charge < -0.3 is 24.1 Å². The summed E-state index contributed by atoms with van der Waals surface area (Å²) in [6, 6.07) is 8.48. The molecule has 0 saturated carbocycles.